The minimum atomic E-state index is -0.775. The van der Waals surface area contributed by atoms with Crippen LogP contribution in [-0.4, -0.2) is 37.2 Å². The second-order valence-electron chi connectivity index (χ2n) is 20.3. The first-order valence-corrected chi connectivity index (χ1v) is 30.0. The van der Waals surface area contributed by atoms with Crippen molar-refractivity contribution in [3.05, 3.63) is 36.5 Å². The van der Waals surface area contributed by atoms with Gasteiger partial charge in [0, 0.05) is 19.3 Å². The average molecular weight is 956 g/mol. The molecular formula is C62H114O6. The quantitative estimate of drug-likeness (QED) is 0.0262. The predicted octanol–water partition coefficient (Wildman–Crippen LogP) is 20.0. The fourth-order valence-electron chi connectivity index (χ4n) is 8.82. The lowest BCUT2D eigenvalue weighted by molar-refractivity contribution is -0.167. The lowest BCUT2D eigenvalue weighted by Crippen LogP contribution is -2.30. The topological polar surface area (TPSA) is 78.9 Å². The minimum absolute atomic E-state index is 0.0725. The Morgan fingerprint density at radius 2 is 0.529 bits per heavy atom. The standard InChI is InChI=1S/C62H114O6/c1-4-7-10-13-16-19-22-25-28-31-34-37-40-43-46-49-52-55-61(64)67-58-59(57-66-60(63)54-51-48-45-42-39-36-33-30-27-24-21-18-15-12-9-6-3)68-62(65)56-53-50-47-44-41-38-35-32-29-26-23-20-17-14-11-8-5-2/h16,19,25-26,28-29,59H,4-15,17-18,20-24,27,30-58H2,1-3H3/b19-16+,28-25+,29-26+/t59-/m1/s1. The highest BCUT2D eigenvalue weighted by atomic mass is 16.6. The molecule has 0 saturated heterocycles. The molecule has 0 aromatic carbocycles. The van der Waals surface area contributed by atoms with Crippen molar-refractivity contribution in [2.24, 2.45) is 0 Å². The SMILES string of the molecule is CCCCC/C=C/C/C=C/CCCCCCCCCC(=O)OC[C@@H](COC(=O)CCCCCCCCCCCCCCCCCC)OC(=O)CCCCCCCCC/C=C/CCCCCCCC. The Kier molecular flexibility index (Phi) is 55.2. The van der Waals surface area contributed by atoms with Crippen molar-refractivity contribution in [3.63, 3.8) is 0 Å². The van der Waals surface area contributed by atoms with Gasteiger partial charge in [-0.25, -0.2) is 0 Å². The van der Waals surface area contributed by atoms with Crippen molar-refractivity contribution in [3.8, 4) is 0 Å². The molecule has 0 unspecified atom stereocenters. The molecule has 0 aliphatic heterocycles. The van der Waals surface area contributed by atoms with Crippen LogP contribution in [0.1, 0.15) is 323 Å². The number of carbonyl (C=O) groups is 3. The summed E-state index contributed by atoms with van der Waals surface area (Å²) in [6.07, 6.45) is 68.4. The Morgan fingerprint density at radius 1 is 0.294 bits per heavy atom. The molecule has 0 amide bonds. The van der Waals surface area contributed by atoms with Crippen LogP contribution in [0.15, 0.2) is 36.5 Å². The zero-order chi connectivity index (χ0) is 49.3. The van der Waals surface area contributed by atoms with E-state index in [2.05, 4.69) is 57.2 Å². The van der Waals surface area contributed by atoms with Crippen molar-refractivity contribution >= 4 is 17.9 Å². The molecule has 0 fully saturated rings. The first kappa shape index (κ1) is 65.6. The van der Waals surface area contributed by atoms with E-state index >= 15 is 0 Å². The van der Waals surface area contributed by atoms with Crippen LogP contribution >= 0.6 is 0 Å². The van der Waals surface area contributed by atoms with E-state index in [-0.39, 0.29) is 31.1 Å². The van der Waals surface area contributed by atoms with Crippen LogP contribution in [0.2, 0.25) is 0 Å². The monoisotopic (exact) mass is 955 g/mol. The summed E-state index contributed by atoms with van der Waals surface area (Å²) >= 11 is 0. The molecule has 6 nitrogen and oxygen atoms in total. The van der Waals surface area contributed by atoms with Gasteiger partial charge in [-0.1, -0.05) is 263 Å². The highest BCUT2D eigenvalue weighted by Gasteiger charge is 2.19. The molecule has 0 saturated carbocycles. The van der Waals surface area contributed by atoms with E-state index in [9.17, 15) is 14.4 Å². The number of hydrogen-bond acceptors (Lipinski definition) is 6. The molecule has 0 aromatic heterocycles. The molecule has 398 valence electrons. The smallest absolute Gasteiger partial charge is 0.306 e. The van der Waals surface area contributed by atoms with E-state index in [1.54, 1.807) is 0 Å². The van der Waals surface area contributed by atoms with Crippen molar-refractivity contribution in [1.82, 2.24) is 0 Å². The van der Waals surface area contributed by atoms with Crippen molar-refractivity contribution < 1.29 is 28.6 Å². The van der Waals surface area contributed by atoms with Gasteiger partial charge in [0.25, 0.3) is 0 Å². The number of allylic oxidation sites excluding steroid dienone is 6. The fraction of sp³-hybridized carbons (Fsp3) is 0.855. The Bertz CT molecular complexity index is 1140. The molecule has 68 heavy (non-hydrogen) atoms. The minimum Gasteiger partial charge on any atom is -0.462 e. The van der Waals surface area contributed by atoms with Gasteiger partial charge in [-0.3, -0.25) is 14.4 Å². The van der Waals surface area contributed by atoms with Crippen LogP contribution in [0.25, 0.3) is 0 Å². The van der Waals surface area contributed by atoms with Crippen LogP contribution in [0.3, 0.4) is 0 Å². The third-order valence-corrected chi connectivity index (χ3v) is 13.4. The first-order chi connectivity index (χ1) is 33.5. The molecule has 0 bridgehead atoms. The zero-order valence-corrected chi connectivity index (χ0v) is 45.6. The fourth-order valence-corrected chi connectivity index (χ4v) is 8.82. The Labute approximate surface area is 423 Å². The molecule has 0 N–H and O–H groups in total. The van der Waals surface area contributed by atoms with Gasteiger partial charge in [0.1, 0.15) is 13.2 Å². The Morgan fingerprint density at radius 3 is 0.853 bits per heavy atom. The van der Waals surface area contributed by atoms with Crippen molar-refractivity contribution in [2.45, 2.75) is 329 Å². The van der Waals surface area contributed by atoms with E-state index in [0.29, 0.717) is 19.3 Å². The highest BCUT2D eigenvalue weighted by molar-refractivity contribution is 5.71. The van der Waals surface area contributed by atoms with Gasteiger partial charge in [-0.15, -0.1) is 0 Å². The second kappa shape index (κ2) is 57.2. The van der Waals surface area contributed by atoms with Gasteiger partial charge in [0.15, 0.2) is 6.10 Å². The van der Waals surface area contributed by atoms with Crippen LogP contribution in [0.4, 0.5) is 0 Å². The summed E-state index contributed by atoms with van der Waals surface area (Å²) in [5.74, 6) is -0.865. The van der Waals surface area contributed by atoms with E-state index < -0.39 is 6.10 Å². The largest absolute Gasteiger partial charge is 0.462 e. The molecule has 6 heteroatoms. The number of ether oxygens (including phenoxy) is 3. The maximum atomic E-state index is 12.9. The van der Waals surface area contributed by atoms with E-state index in [4.69, 9.17) is 14.2 Å². The summed E-state index contributed by atoms with van der Waals surface area (Å²) in [5.41, 5.74) is 0. The van der Waals surface area contributed by atoms with Gasteiger partial charge < -0.3 is 14.2 Å². The summed E-state index contributed by atoms with van der Waals surface area (Å²) in [5, 5.41) is 0. The number of unbranched alkanes of at least 4 members (excludes halogenated alkanes) is 38. The maximum absolute atomic E-state index is 12.9. The van der Waals surface area contributed by atoms with E-state index in [1.165, 1.54) is 212 Å². The van der Waals surface area contributed by atoms with Crippen LogP contribution in [-0.2, 0) is 28.6 Å². The third kappa shape index (κ3) is 54.6. The summed E-state index contributed by atoms with van der Waals surface area (Å²) < 4.78 is 16.9. The number of hydrogen-bond donors (Lipinski definition) is 0. The number of carbonyl (C=O) groups excluding carboxylic acids is 3. The summed E-state index contributed by atoms with van der Waals surface area (Å²) in [7, 11) is 0. The van der Waals surface area contributed by atoms with Gasteiger partial charge in [0.05, 0.1) is 0 Å². The van der Waals surface area contributed by atoms with Gasteiger partial charge in [-0.2, -0.15) is 0 Å². The Hall–Kier alpha value is -2.37. The maximum Gasteiger partial charge on any atom is 0.306 e. The van der Waals surface area contributed by atoms with Gasteiger partial charge >= 0.3 is 17.9 Å². The number of rotatable bonds is 55. The highest BCUT2D eigenvalue weighted by Crippen LogP contribution is 2.17. The molecule has 1 atom stereocenters. The van der Waals surface area contributed by atoms with Crippen molar-refractivity contribution in [1.29, 1.82) is 0 Å². The van der Waals surface area contributed by atoms with E-state index in [1.807, 2.05) is 0 Å². The van der Waals surface area contributed by atoms with E-state index in [0.717, 1.165) is 70.6 Å². The summed E-state index contributed by atoms with van der Waals surface area (Å²) in [6.45, 7) is 6.65. The third-order valence-electron chi connectivity index (χ3n) is 13.4. The van der Waals surface area contributed by atoms with Gasteiger partial charge in [-0.05, 0) is 77.0 Å². The van der Waals surface area contributed by atoms with Crippen LogP contribution in [0, 0.1) is 0 Å². The first-order valence-electron chi connectivity index (χ1n) is 30.0. The Balaban J connectivity index is 4.36. The van der Waals surface area contributed by atoms with Crippen LogP contribution in [0.5, 0.6) is 0 Å². The summed E-state index contributed by atoms with van der Waals surface area (Å²) in [6, 6.07) is 0. The predicted molar refractivity (Wildman–Crippen MR) is 293 cm³/mol. The second-order valence-corrected chi connectivity index (χ2v) is 20.3. The molecule has 0 aromatic rings. The molecule has 0 radical (unpaired) electrons. The van der Waals surface area contributed by atoms with Crippen molar-refractivity contribution in [2.75, 3.05) is 13.2 Å². The summed E-state index contributed by atoms with van der Waals surface area (Å²) in [4.78, 5) is 38.2. The zero-order valence-electron chi connectivity index (χ0n) is 45.6. The molecule has 0 aliphatic carbocycles. The lowest BCUT2D eigenvalue weighted by Gasteiger charge is -2.18. The van der Waals surface area contributed by atoms with Crippen LogP contribution < -0.4 is 0 Å². The molecule has 0 heterocycles. The number of esters is 3. The molecular weight excluding hydrogens is 841 g/mol. The lowest BCUT2D eigenvalue weighted by atomic mass is 10.0. The molecule has 0 rings (SSSR count). The normalized spacial score (nSPS) is 12.2. The molecule has 0 aliphatic rings. The molecule has 0 spiro atoms. The average Bonchev–Trinajstić information content (AvgIpc) is 3.34. The van der Waals surface area contributed by atoms with Gasteiger partial charge in [0.2, 0.25) is 0 Å².